The van der Waals surface area contributed by atoms with Crippen molar-refractivity contribution in [1.29, 1.82) is 0 Å². The first-order chi connectivity index (χ1) is 12.5. The monoisotopic (exact) mass is 365 g/mol. The van der Waals surface area contributed by atoms with Gasteiger partial charge in [-0.25, -0.2) is 9.59 Å². The van der Waals surface area contributed by atoms with Gasteiger partial charge in [-0.15, -0.1) is 0 Å². The highest BCUT2D eigenvalue weighted by molar-refractivity contribution is 5.70. The molecule has 26 heavy (non-hydrogen) atoms. The van der Waals surface area contributed by atoms with Crippen LogP contribution in [0.2, 0.25) is 0 Å². The zero-order valence-corrected chi connectivity index (χ0v) is 16.0. The normalized spacial score (nSPS) is 35.7. The number of hydrogen-bond acceptors (Lipinski definition) is 5. The van der Waals surface area contributed by atoms with Crippen LogP contribution in [-0.2, 0) is 9.47 Å². The summed E-state index contributed by atoms with van der Waals surface area (Å²) >= 11 is 0. The second-order valence-corrected chi connectivity index (χ2v) is 8.53. The Bertz CT molecular complexity index is 555. The highest BCUT2D eigenvalue weighted by atomic mass is 16.6. The molecule has 0 N–H and O–H groups in total. The highest BCUT2D eigenvalue weighted by Crippen LogP contribution is 2.50. The number of likely N-dealkylation sites (tertiary alicyclic amines) is 2. The van der Waals surface area contributed by atoms with Crippen LogP contribution in [0.25, 0.3) is 0 Å². The molecule has 7 heteroatoms. The molecule has 3 heterocycles. The van der Waals surface area contributed by atoms with Crippen LogP contribution < -0.4 is 0 Å². The van der Waals surface area contributed by atoms with Crippen molar-refractivity contribution in [3.63, 3.8) is 0 Å². The lowest BCUT2D eigenvalue weighted by molar-refractivity contribution is -0.0134. The first-order valence-corrected chi connectivity index (χ1v) is 10.1. The molecular weight excluding hydrogens is 334 g/mol. The maximum absolute atomic E-state index is 11.9. The minimum Gasteiger partial charge on any atom is -0.450 e. The van der Waals surface area contributed by atoms with Gasteiger partial charge in [0.05, 0.1) is 12.6 Å². The third-order valence-corrected chi connectivity index (χ3v) is 6.84. The third-order valence-electron chi connectivity index (χ3n) is 6.84. The minimum atomic E-state index is -0.153. The quantitative estimate of drug-likeness (QED) is 0.768. The van der Waals surface area contributed by atoms with Crippen LogP contribution in [0.1, 0.15) is 46.0 Å². The molecule has 1 aliphatic carbocycles. The smallest absolute Gasteiger partial charge is 0.410 e. The lowest BCUT2D eigenvalue weighted by atomic mass is 9.64. The van der Waals surface area contributed by atoms with E-state index in [1.807, 2.05) is 16.7 Å². The van der Waals surface area contributed by atoms with E-state index in [0.717, 1.165) is 45.4 Å². The van der Waals surface area contributed by atoms with Crippen molar-refractivity contribution in [2.24, 2.45) is 5.41 Å². The van der Waals surface area contributed by atoms with Crippen molar-refractivity contribution < 1.29 is 19.1 Å². The van der Waals surface area contributed by atoms with Gasteiger partial charge >= 0.3 is 12.2 Å². The minimum absolute atomic E-state index is 0.136. The number of carbonyl (C=O) groups excluding carboxylic acids is 2. The molecule has 4 rings (SSSR count). The Labute approximate surface area is 155 Å². The Hall–Kier alpha value is -1.50. The van der Waals surface area contributed by atoms with E-state index < -0.39 is 0 Å². The average molecular weight is 365 g/mol. The van der Waals surface area contributed by atoms with Crippen LogP contribution in [0.15, 0.2) is 0 Å². The largest absolute Gasteiger partial charge is 0.450 e. The molecule has 0 aromatic rings. The van der Waals surface area contributed by atoms with Gasteiger partial charge in [-0.3, -0.25) is 4.90 Å². The summed E-state index contributed by atoms with van der Waals surface area (Å²) in [6.45, 7) is 8.72. The number of piperidine rings is 1. The fourth-order valence-corrected chi connectivity index (χ4v) is 5.40. The summed E-state index contributed by atoms with van der Waals surface area (Å²) in [5.74, 6) is 0. The van der Waals surface area contributed by atoms with Gasteiger partial charge in [-0.1, -0.05) is 0 Å². The van der Waals surface area contributed by atoms with Crippen LogP contribution >= 0.6 is 0 Å². The molecule has 3 aliphatic heterocycles. The van der Waals surface area contributed by atoms with Crippen LogP contribution in [0.4, 0.5) is 9.59 Å². The molecular formula is C19H31N3O4. The van der Waals surface area contributed by atoms with Crippen molar-refractivity contribution >= 4 is 12.2 Å². The summed E-state index contributed by atoms with van der Waals surface area (Å²) in [4.78, 5) is 30.3. The van der Waals surface area contributed by atoms with Crippen molar-refractivity contribution in [2.45, 2.75) is 64.1 Å². The standard InChI is InChI=1S/C19H31N3O4/c1-3-25-17(23)21-9-6-19(13-21)10-16(11-19)20-7-4-15(5-8-20)22-14(2)12-26-18(22)24/h14-16H,3-13H2,1-2H3. The first kappa shape index (κ1) is 17.9. The molecule has 1 unspecified atom stereocenters. The molecule has 0 aromatic heterocycles. The Morgan fingerprint density at radius 1 is 1.23 bits per heavy atom. The van der Waals surface area contributed by atoms with Gasteiger partial charge in [-0.05, 0) is 51.4 Å². The Balaban J connectivity index is 1.24. The number of rotatable bonds is 3. The number of carbonyl (C=O) groups is 2. The van der Waals surface area contributed by atoms with E-state index in [1.165, 1.54) is 12.8 Å². The molecule has 4 fully saturated rings. The van der Waals surface area contributed by atoms with E-state index in [0.29, 0.717) is 30.7 Å². The fourth-order valence-electron chi connectivity index (χ4n) is 5.40. The number of ether oxygens (including phenoxy) is 2. The molecule has 0 aromatic carbocycles. The molecule has 146 valence electrons. The Morgan fingerprint density at radius 3 is 2.58 bits per heavy atom. The van der Waals surface area contributed by atoms with Gasteiger partial charge in [0, 0.05) is 38.3 Å². The Kier molecular flexibility index (Phi) is 4.75. The first-order valence-electron chi connectivity index (χ1n) is 10.1. The maximum atomic E-state index is 11.9. The molecule has 1 atom stereocenters. The van der Waals surface area contributed by atoms with E-state index in [-0.39, 0.29) is 18.2 Å². The highest BCUT2D eigenvalue weighted by Gasteiger charge is 2.51. The summed E-state index contributed by atoms with van der Waals surface area (Å²) in [5, 5.41) is 0. The summed E-state index contributed by atoms with van der Waals surface area (Å²) in [6, 6.07) is 1.18. The van der Waals surface area contributed by atoms with Crippen LogP contribution in [-0.4, -0.2) is 84.4 Å². The SMILES string of the molecule is CCOC(=O)N1CCC2(CC(N3CCC(N4C(=O)OCC4C)CC3)C2)C1. The van der Waals surface area contributed by atoms with E-state index in [1.54, 1.807) is 0 Å². The van der Waals surface area contributed by atoms with Gasteiger partial charge < -0.3 is 19.3 Å². The molecule has 3 saturated heterocycles. The van der Waals surface area contributed by atoms with Crippen LogP contribution in [0.3, 0.4) is 0 Å². The lowest BCUT2D eigenvalue weighted by Gasteiger charge is -2.52. The second-order valence-electron chi connectivity index (χ2n) is 8.53. The van der Waals surface area contributed by atoms with Crippen LogP contribution in [0, 0.1) is 5.41 Å². The number of cyclic esters (lactones) is 1. The van der Waals surface area contributed by atoms with Crippen LogP contribution in [0.5, 0.6) is 0 Å². The predicted octanol–water partition coefficient (Wildman–Crippen LogP) is 2.30. The fraction of sp³-hybridized carbons (Fsp3) is 0.895. The molecule has 0 radical (unpaired) electrons. The van der Waals surface area contributed by atoms with E-state index in [2.05, 4.69) is 11.8 Å². The van der Waals surface area contributed by atoms with Gasteiger partial charge in [0.15, 0.2) is 0 Å². The zero-order chi connectivity index (χ0) is 18.3. The van der Waals surface area contributed by atoms with Gasteiger partial charge in [0.1, 0.15) is 6.61 Å². The number of hydrogen-bond donors (Lipinski definition) is 0. The Morgan fingerprint density at radius 2 is 1.96 bits per heavy atom. The molecule has 2 amide bonds. The van der Waals surface area contributed by atoms with Crippen molar-refractivity contribution in [3.05, 3.63) is 0 Å². The lowest BCUT2D eigenvalue weighted by Crippen LogP contribution is -2.56. The topological polar surface area (TPSA) is 62.3 Å². The molecule has 1 saturated carbocycles. The molecule has 4 aliphatic rings. The van der Waals surface area contributed by atoms with Gasteiger partial charge in [0.25, 0.3) is 0 Å². The third kappa shape index (κ3) is 3.15. The molecule has 7 nitrogen and oxygen atoms in total. The van der Waals surface area contributed by atoms with E-state index in [4.69, 9.17) is 9.47 Å². The predicted molar refractivity (Wildman–Crippen MR) is 95.9 cm³/mol. The summed E-state index contributed by atoms with van der Waals surface area (Å²) in [6.07, 6.45) is 5.28. The number of nitrogens with zero attached hydrogens (tertiary/aromatic N) is 3. The summed E-state index contributed by atoms with van der Waals surface area (Å²) < 4.78 is 10.3. The second kappa shape index (κ2) is 6.91. The average Bonchev–Trinajstić information content (AvgIpc) is 3.19. The summed E-state index contributed by atoms with van der Waals surface area (Å²) in [7, 11) is 0. The zero-order valence-electron chi connectivity index (χ0n) is 16.0. The van der Waals surface area contributed by atoms with Crippen molar-refractivity contribution in [1.82, 2.24) is 14.7 Å². The number of amides is 2. The maximum Gasteiger partial charge on any atom is 0.410 e. The molecule has 1 spiro atoms. The van der Waals surface area contributed by atoms with E-state index >= 15 is 0 Å². The molecule has 0 bridgehead atoms. The van der Waals surface area contributed by atoms with Crippen molar-refractivity contribution in [3.8, 4) is 0 Å². The summed E-state index contributed by atoms with van der Waals surface area (Å²) in [5.41, 5.74) is 0.321. The van der Waals surface area contributed by atoms with Crippen molar-refractivity contribution in [2.75, 3.05) is 39.4 Å². The van der Waals surface area contributed by atoms with E-state index in [9.17, 15) is 9.59 Å². The van der Waals surface area contributed by atoms with Gasteiger partial charge in [-0.2, -0.15) is 0 Å². The van der Waals surface area contributed by atoms with Gasteiger partial charge in [0.2, 0.25) is 0 Å².